The molecule has 0 radical (unpaired) electrons. The molecule has 0 bridgehead atoms. The largest absolute Gasteiger partial charge is 0.494 e. The third-order valence-electron chi connectivity index (χ3n) is 0.886. The molecule has 0 aromatic carbocycles. The Bertz CT molecular complexity index is 180. The first-order valence-electron chi connectivity index (χ1n) is 2.84. The smallest absolute Gasteiger partial charge is 0.164 e. The Morgan fingerprint density at radius 2 is 2.00 bits per heavy atom. The van der Waals surface area contributed by atoms with E-state index in [4.69, 9.17) is 0 Å². The van der Waals surface area contributed by atoms with Crippen molar-refractivity contribution >= 4 is 0 Å². The van der Waals surface area contributed by atoms with E-state index in [1.807, 2.05) is 0 Å². The highest BCUT2D eigenvalue weighted by atomic mass is 19.1. The zero-order valence-corrected chi connectivity index (χ0v) is 6.28. The van der Waals surface area contributed by atoms with Crippen LogP contribution < -0.4 is 0 Å². The Hall–Kier alpha value is -1.05. The number of methoxy groups -OCH3 is 1. The van der Waals surface area contributed by atoms with Gasteiger partial charge >= 0.3 is 0 Å². The Morgan fingerprint density at radius 3 is 2.30 bits per heavy atom. The quantitative estimate of drug-likeness (QED) is 0.434. The molecule has 1 nitrogen and oxygen atoms in total. The molecule has 56 valence electrons. The summed E-state index contributed by atoms with van der Waals surface area (Å²) in [4.78, 5) is 0. The number of halogens is 1. The van der Waals surface area contributed by atoms with Crippen LogP contribution in [0, 0.1) is 0 Å². The molecule has 0 saturated carbocycles. The van der Waals surface area contributed by atoms with Crippen molar-refractivity contribution in [1.29, 1.82) is 0 Å². The van der Waals surface area contributed by atoms with Gasteiger partial charge in [-0.2, -0.15) is 0 Å². The van der Waals surface area contributed by atoms with E-state index in [0.717, 1.165) is 0 Å². The zero-order valence-electron chi connectivity index (χ0n) is 6.28. The summed E-state index contributed by atoms with van der Waals surface area (Å²) in [6, 6.07) is 0. The molecule has 0 unspecified atom stereocenters. The van der Waals surface area contributed by atoms with E-state index in [0.29, 0.717) is 5.57 Å². The Kier molecular flexibility index (Phi) is 3.47. The van der Waals surface area contributed by atoms with Crippen LogP contribution in [0.15, 0.2) is 36.4 Å². The van der Waals surface area contributed by atoms with Gasteiger partial charge in [0.05, 0.1) is 7.11 Å². The van der Waals surface area contributed by atoms with Crippen LogP contribution in [0.5, 0.6) is 0 Å². The highest BCUT2D eigenvalue weighted by molar-refractivity contribution is 5.24. The van der Waals surface area contributed by atoms with Crippen molar-refractivity contribution in [3.05, 3.63) is 36.4 Å². The van der Waals surface area contributed by atoms with Crippen LogP contribution in [0.25, 0.3) is 0 Å². The maximum absolute atomic E-state index is 12.6. The van der Waals surface area contributed by atoms with E-state index in [1.165, 1.54) is 13.2 Å². The molecule has 0 fully saturated rings. The van der Waals surface area contributed by atoms with Crippen molar-refractivity contribution in [2.45, 2.75) is 6.92 Å². The topological polar surface area (TPSA) is 9.23 Å². The lowest BCUT2D eigenvalue weighted by atomic mass is 10.3. The minimum absolute atomic E-state index is 0.0306. The van der Waals surface area contributed by atoms with Gasteiger partial charge in [0.1, 0.15) is 5.76 Å². The van der Waals surface area contributed by atoms with E-state index in [2.05, 4.69) is 17.9 Å². The fourth-order valence-corrected chi connectivity index (χ4v) is 0.394. The second-order valence-electron chi connectivity index (χ2n) is 1.97. The molecule has 10 heavy (non-hydrogen) atoms. The number of allylic oxidation sites excluding steroid dienone is 3. The summed E-state index contributed by atoms with van der Waals surface area (Å²) < 4.78 is 17.2. The van der Waals surface area contributed by atoms with Gasteiger partial charge in [0.25, 0.3) is 0 Å². The molecule has 0 N–H and O–H groups in total. The average Bonchev–Trinajstić information content (AvgIpc) is 1.85. The number of hydrogen-bond donors (Lipinski definition) is 0. The Morgan fingerprint density at radius 1 is 1.50 bits per heavy atom. The average molecular weight is 142 g/mol. The van der Waals surface area contributed by atoms with Crippen LogP contribution >= 0.6 is 0 Å². The molecular formula is C8H11FO. The van der Waals surface area contributed by atoms with Gasteiger partial charge in [0.15, 0.2) is 5.83 Å². The van der Waals surface area contributed by atoms with Gasteiger partial charge in [0, 0.05) is 0 Å². The van der Waals surface area contributed by atoms with Gasteiger partial charge in [-0.15, -0.1) is 0 Å². The summed E-state index contributed by atoms with van der Waals surface area (Å²) >= 11 is 0. The number of rotatable bonds is 3. The SMILES string of the molecule is C=C(C)/C=C(/F)C(=C)OC. The van der Waals surface area contributed by atoms with Gasteiger partial charge in [-0.1, -0.05) is 18.7 Å². The van der Waals surface area contributed by atoms with E-state index < -0.39 is 5.83 Å². The van der Waals surface area contributed by atoms with Crippen LogP contribution in [0.2, 0.25) is 0 Å². The first kappa shape index (κ1) is 8.95. The maximum Gasteiger partial charge on any atom is 0.164 e. The van der Waals surface area contributed by atoms with Gasteiger partial charge in [-0.25, -0.2) is 4.39 Å². The predicted octanol–water partition coefficient (Wildman–Crippen LogP) is 2.58. The van der Waals surface area contributed by atoms with Crippen molar-refractivity contribution in [2.75, 3.05) is 7.11 Å². The summed E-state index contributed by atoms with van der Waals surface area (Å²) in [5, 5.41) is 0. The lowest BCUT2D eigenvalue weighted by Crippen LogP contribution is -1.84. The van der Waals surface area contributed by atoms with Crippen LogP contribution in [-0.2, 0) is 4.74 Å². The standard InChI is InChI=1S/C8H11FO/c1-6(2)5-8(9)7(3)10-4/h5H,1,3H2,2,4H3/b8-5+. The summed E-state index contributed by atoms with van der Waals surface area (Å²) in [5.41, 5.74) is 0.635. The van der Waals surface area contributed by atoms with Gasteiger partial charge in [-0.3, -0.25) is 0 Å². The lowest BCUT2D eigenvalue weighted by molar-refractivity contribution is 0.285. The molecule has 0 heterocycles. The molecule has 2 heteroatoms. The first-order valence-corrected chi connectivity index (χ1v) is 2.84. The van der Waals surface area contributed by atoms with Crippen LogP contribution in [0.1, 0.15) is 6.92 Å². The van der Waals surface area contributed by atoms with Crippen LogP contribution in [0.3, 0.4) is 0 Å². The fourth-order valence-electron chi connectivity index (χ4n) is 0.394. The van der Waals surface area contributed by atoms with Gasteiger partial charge < -0.3 is 4.74 Å². The van der Waals surface area contributed by atoms with Crippen molar-refractivity contribution in [3.8, 4) is 0 Å². The highest BCUT2D eigenvalue weighted by Gasteiger charge is 1.98. The first-order chi connectivity index (χ1) is 4.57. The second-order valence-corrected chi connectivity index (χ2v) is 1.97. The molecule has 0 aliphatic rings. The molecule has 0 aromatic heterocycles. The summed E-state index contributed by atoms with van der Waals surface area (Å²) in [5.74, 6) is -0.446. The van der Waals surface area contributed by atoms with Crippen molar-refractivity contribution in [3.63, 3.8) is 0 Å². The predicted molar refractivity (Wildman–Crippen MR) is 40.2 cm³/mol. The molecule has 0 amide bonds. The summed E-state index contributed by atoms with van der Waals surface area (Å²) in [6.45, 7) is 8.52. The number of ether oxygens (including phenoxy) is 1. The minimum Gasteiger partial charge on any atom is -0.494 e. The lowest BCUT2D eigenvalue weighted by Gasteiger charge is -1.99. The molecular weight excluding hydrogens is 131 g/mol. The van der Waals surface area contributed by atoms with Crippen molar-refractivity contribution in [1.82, 2.24) is 0 Å². The van der Waals surface area contributed by atoms with E-state index >= 15 is 0 Å². The molecule has 0 rings (SSSR count). The van der Waals surface area contributed by atoms with E-state index in [-0.39, 0.29) is 5.76 Å². The maximum atomic E-state index is 12.6. The normalized spacial score (nSPS) is 10.9. The molecule has 0 saturated heterocycles. The number of hydrogen-bond acceptors (Lipinski definition) is 1. The third kappa shape index (κ3) is 3.07. The van der Waals surface area contributed by atoms with Crippen LogP contribution in [0.4, 0.5) is 4.39 Å². The van der Waals surface area contributed by atoms with E-state index in [9.17, 15) is 4.39 Å². The zero-order chi connectivity index (χ0) is 8.15. The van der Waals surface area contributed by atoms with E-state index in [1.54, 1.807) is 6.92 Å². The van der Waals surface area contributed by atoms with Crippen molar-refractivity contribution in [2.24, 2.45) is 0 Å². The molecule has 0 aliphatic carbocycles. The highest BCUT2D eigenvalue weighted by Crippen LogP contribution is 2.11. The third-order valence-corrected chi connectivity index (χ3v) is 0.886. The second kappa shape index (κ2) is 3.88. The molecule has 0 aliphatic heterocycles. The summed E-state index contributed by atoms with van der Waals surface area (Å²) in [6.07, 6.45) is 1.27. The van der Waals surface area contributed by atoms with Crippen LogP contribution in [-0.4, -0.2) is 7.11 Å². The summed E-state index contributed by atoms with van der Waals surface area (Å²) in [7, 11) is 1.37. The van der Waals surface area contributed by atoms with Gasteiger partial charge in [0.2, 0.25) is 0 Å². The molecule has 0 atom stereocenters. The fraction of sp³-hybridized carbons (Fsp3) is 0.250. The molecule has 0 spiro atoms. The minimum atomic E-state index is -0.477. The molecule has 0 aromatic rings. The van der Waals surface area contributed by atoms with Crippen molar-refractivity contribution < 1.29 is 9.13 Å². The Balaban J connectivity index is 4.19. The van der Waals surface area contributed by atoms with Gasteiger partial charge in [-0.05, 0) is 13.0 Å². The Labute approximate surface area is 60.5 Å². The monoisotopic (exact) mass is 142 g/mol.